The van der Waals surface area contributed by atoms with Crippen molar-refractivity contribution in [1.82, 2.24) is 10.2 Å². The molecule has 6 heteroatoms. The van der Waals surface area contributed by atoms with Gasteiger partial charge in [0.2, 0.25) is 5.91 Å². The molecule has 2 N–H and O–H groups in total. The van der Waals surface area contributed by atoms with E-state index in [4.69, 9.17) is 9.47 Å². The number of nitrogens with one attached hydrogen (secondary N) is 2. The minimum Gasteiger partial charge on any atom is -0.495 e. The topological polar surface area (TPSA) is 62.8 Å². The Bertz CT molecular complexity index is 450. The van der Waals surface area contributed by atoms with Crippen molar-refractivity contribution in [3.8, 4) is 5.75 Å². The third-order valence-corrected chi connectivity index (χ3v) is 2.81. The van der Waals surface area contributed by atoms with E-state index in [-0.39, 0.29) is 12.5 Å². The summed E-state index contributed by atoms with van der Waals surface area (Å²) in [5.41, 5.74) is 1.80. The Kier molecular flexibility index (Phi) is 7.74. The fourth-order valence-electron chi connectivity index (χ4n) is 1.89. The van der Waals surface area contributed by atoms with E-state index in [1.165, 1.54) is 0 Å². The number of benzene rings is 1. The quantitative estimate of drug-likeness (QED) is 0.664. The van der Waals surface area contributed by atoms with Gasteiger partial charge in [0.25, 0.3) is 0 Å². The van der Waals surface area contributed by atoms with Crippen molar-refractivity contribution in [3.05, 3.63) is 23.8 Å². The van der Waals surface area contributed by atoms with E-state index in [1.807, 2.05) is 32.3 Å². The molecule has 21 heavy (non-hydrogen) atoms. The van der Waals surface area contributed by atoms with Gasteiger partial charge in [0.1, 0.15) is 5.75 Å². The van der Waals surface area contributed by atoms with Crippen molar-refractivity contribution >= 4 is 11.6 Å². The van der Waals surface area contributed by atoms with Gasteiger partial charge in [-0.2, -0.15) is 0 Å². The molecule has 0 saturated carbocycles. The fraction of sp³-hybridized carbons (Fsp3) is 0.533. The van der Waals surface area contributed by atoms with E-state index in [2.05, 4.69) is 15.5 Å². The molecule has 0 radical (unpaired) electrons. The number of ether oxygens (including phenoxy) is 2. The zero-order valence-electron chi connectivity index (χ0n) is 13.2. The van der Waals surface area contributed by atoms with Crippen molar-refractivity contribution in [1.29, 1.82) is 0 Å². The van der Waals surface area contributed by atoms with Crippen LogP contribution in [0, 0.1) is 0 Å². The standard InChI is InChI=1S/C15H25N3O3/c1-18(2)11-12-5-6-14(21-4)13(9-12)17-15(19)10-16-7-8-20-3/h5-6,9,16H,7-8,10-11H2,1-4H3,(H,17,19). The number of hydrogen-bond acceptors (Lipinski definition) is 5. The van der Waals surface area contributed by atoms with Gasteiger partial charge in [-0.25, -0.2) is 0 Å². The van der Waals surface area contributed by atoms with Crippen LogP contribution in [-0.4, -0.2) is 58.8 Å². The maximum Gasteiger partial charge on any atom is 0.238 e. The first kappa shape index (κ1) is 17.4. The Balaban J connectivity index is 2.64. The van der Waals surface area contributed by atoms with Crippen LogP contribution in [0.15, 0.2) is 18.2 Å². The molecule has 0 unspecified atom stereocenters. The van der Waals surface area contributed by atoms with E-state index >= 15 is 0 Å². The molecule has 0 aromatic heterocycles. The lowest BCUT2D eigenvalue weighted by Crippen LogP contribution is -2.30. The van der Waals surface area contributed by atoms with Gasteiger partial charge in [-0.1, -0.05) is 6.07 Å². The van der Waals surface area contributed by atoms with Crippen molar-refractivity contribution in [2.24, 2.45) is 0 Å². The van der Waals surface area contributed by atoms with Crippen LogP contribution in [-0.2, 0) is 16.1 Å². The number of hydrogen-bond donors (Lipinski definition) is 2. The SMILES string of the molecule is COCCNCC(=O)Nc1cc(CN(C)C)ccc1OC. The summed E-state index contributed by atoms with van der Waals surface area (Å²) < 4.78 is 10.2. The third kappa shape index (κ3) is 6.57. The average Bonchev–Trinajstić information content (AvgIpc) is 2.43. The lowest BCUT2D eigenvalue weighted by atomic mass is 10.1. The molecular weight excluding hydrogens is 270 g/mol. The molecule has 0 bridgehead atoms. The second kappa shape index (κ2) is 9.33. The second-order valence-corrected chi connectivity index (χ2v) is 4.99. The molecule has 0 aliphatic heterocycles. The zero-order chi connectivity index (χ0) is 15.7. The van der Waals surface area contributed by atoms with Crippen LogP contribution in [0.1, 0.15) is 5.56 Å². The van der Waals surface area contributed by atoms with Crippen LogP contribution < -0.4 is 15.4 Å². The van der Waals surface area contributed by atoms with Crippen LogP contribution >= 0.6 is 0 Å². The van der Waals surface area contributed by atoms with Gasteiger partial charge < -0.3 is 25.0 Å². The van der Waals surface area contributed by atoms with Crippen molar-refractivity contribution < 1.29 is 14.3 Å². The molecule has 0 saturated heterocycles. The molecule has 1 aromatic carbocycles. The maximum atomic E-state index is 11.9. The molecule has 6 nitrogen and oxygen atoms in total. The third-order valence-electron chi connectivity index (χ3n) is 2.81. The van der Waals surface area contributed by atoms with Gasteiger partial charge >= 0.3 is 0 Å². The first-order valence-electron chi connectivity index (χ1n) is 6.88. The summed E-state index contributed by atoms with van der Waals surface area (Å²) in [6, 6.07) is 5.80. The number of nitrogens with zero attached hydrogens (tertiary/aromatic N) is 1. The minimum atomic E-state index is -0.105. The maximum absolute atomic E-state index is 11.9. The Morgan fingerprint density at radius 1 is 1.29 bits per heavy atom. The molecule has 0 aliphatic carbocycles. The molecule has 0 spiro atoms. The van der Waals surface area contributed by atoms with Crippen LogP contribution in [0.25, 0.3) is 0 Å². The van der Waals surface area contributed by atoms with Gasteiger partial charge in [-0.05, 0) is 31.8 Å². The minimum absolute atomic E-state index is 0.105. The Hall–Kier alpha value is -1.63. The Morgan fingerprint density at radius 3 is 2.67 bits per heavy atom. The van der Waals surface area contributed by atoms with Gasteiger partial charge in [0.15, 0.2) is 0 Å². The molecule has 118 valence electrons. The highest BCUT2D eigenvalue weighted by atomic mass is 16.5. The smallest absolute Gasteiger partial charge is 0.238 e. The second-order valence-electron chi connectivity index (χ2n) is 4.99. The van der Waals surface area contributed by atoms with Gasteiger partial charge in [-0.15, -0.1) is 0 Å². The molecule has 0 atom stereocenters. The van der Waals surface area contributed by atoms with Gasteiger partial charge in [-0.3, -0.25) is 4.79 Å². The summed E-state index contributed by atoms with van der Waals surface area (Å²) in [6.45, 7) is 2.26. The number of methoxy groups -OCH3 is 2. The van der Waals surface area contributed by atoms with Crippen LogP contribution in [0.4, 0.5) is 5.69 Å². The summed E-state index contributed by atoms with van der Waals surface area (Å²) in [5.74, 6) is 0.550. The monoisotopic (exact) mass is 295 g/mol. The predicted molar refractivity (Wildman–Crippen MR) is 83.8 cm³/mol. The lowest BCUT2D eigenvalue weighted by molar-refractivity contribution is -0.115. The van der Waals surface area contributed by atoms with E-state index in [9.17, 15) is 4.79 Å². The van der Waals surface area contributed by atoms with E-state index in [1.54, 1.807) is 14.2 Å². The molecule has 0 aliphatic rings. The zero-order valence-corrected chi connectivity index (χ0v) is 13.2. The molecule has 0 heterocycles. The Morgan fingerprint density at radius 2 is 2.05 bits per heavy atom. The van der Waals surface area contributed by atoms with E-state index < -0.39 is 0 Å². The summed E-state index contributed by atoms with van der Waals surface area (Å²) in [6.07, 6.45) is 0. The fourth-order valence-corrected chi connectivity index (χ4v) is 1.89. The number of amides is 1. The van der Waals surface area contributed by atoms with Crippen molar-refractivity contribution in [2.45, 2.75) is 6.54 Å². The molecule has 1 aromatic rings. The Labute approximate surface area is 126 Å². The summed E-state index contributed by atoms with van der Waals surface area (Å²) in [7, 11) is 7.22. The number of anilines is 1. The van der Waals surface area contributed by atoms with Gasteiger partial charge in [0, 0.05) is 20.2 Å². The number of rotatable bonds is 9. The molecule has 1 amide bonds. The van der Waals surface area contributed by atoms with Crippen LogP contribution in [0.2, 0.25) is 0 Å². The van der Waals surface area contributed by atoms with Crippen molar-refractivity contribution in [2.75, 3.05) is 53.3 Å². The molecular formula is C15H25N3O3. The molecule has 1 rings (SSSR count). The summed E-state index contributed by atoms with van der Waals surface area (Å²) in [5, 5.41) is 5.87. The van der Waals surface area contributed by atoms with Gasteiger partial charge in [0.05, 0.1) is 25.9 Å². The predicted octanol–water partition coefficient (Wildman–Crippen LogP) is 0.931. The normalized spacial score (nSPS) is 10.7. The highest BCUT2D eigenvalue weighted by Gasteiger charge is 2.09. The summed E-state index contributed by atoms with van der Waals surface area (Å²) >= 11 is 0. The van der Waals surface area contributed by atoms with Crippen LogP contribution in [0.5, 0.6) is 5.75 Å². The van der Waals surface area contributed by atoms with E-state index in [0.717, 1.165) is 12.1 Å². The van der Waals surface area contributed by atoms with E-state index in [0.29, 0.717) is 24.6 Å². The first-order chi connectivity index (χ1) is 10.1. The number of carbonyl (C=O) groups excluding carboxylic acids is 1. The summed E-state index contributed by atoms with van der Waals surface area (Å²) in [4.78, 5) is 14.0. The lowest BCUT2D eigenvalue weighted by Gasteiger charge is -2.14. The largest absolute Gasteiger partial charge is 0.495 e. The van der Waals surface area contributed by atoms with Crippen LogP contribution in [0.3, 0.4) is 0 Å². The number of carbonyl (C=O) groups is 1. The first-order valence-corrected chi connectivity index (χ1v) is 6.88. The molecule has 0 fully saturated rings. The highest BCUT2D eigenvalue weighted by Crippen LogP contribution is 2.25. The average molecular weight is 295 g/mol. The highest BCUT2D eigenvalue weighted by molar-refractivity contribution is 5.93. The van der Waals surface area contributed by atoms with Crippen molar-refractivity contribution in [3.63, 3.8) is 0 Å².